The molecule has 0 unspecified atom stereocenters. The highest BCUT2D eigenvalue weighted by molar-refractivity contribution is 6.09. The van der Waals surface area contributed by atoms with Gasteiger partial charge in [-0.3, -0.25) is 14.2 Å². The van der Waals surface area contributed by atoms with Gasteiger partial charge >= 0.3 is 0 Å². The fraction of sp³-hybridized carbons (Fsp3) is 0.333. The Kier molecular flexibility index (Phi) is 4.53. The van der Waals surface area contributed by atoms with E-state index in [0.29, 0.717) is 18.7 Å². The molecule has 1 amide bonds. The minimum atomic E-state index is -0.169. The molecule has 0 aliphatic heterocycles. The van der Waals surface area contributed by atoms with Crippen LogP contribution in [-0.4, -0.2) is 36.6 Å². The summed E-state index contributed by atoms with van der Waals surface area (Å²) in [5.41, 5.74) is 1.27. The number of ether oxygens (including phenoxy) is 1. The number of fused-ring (bicyclic) bond motifs is 1. The summed E-state index contributed by atoms with van der Waals surface area (Å²) < 4.78 is 6.43. The van der Waals surface area contributed by atoms with Gasteiger partial charge < -0.3 is 10.1 Å². The molecule has 0 aliphatic rings. The van der Waals surface area contributed by atoms with E-state index in [9.17, 15) is 9.59 Å². The molecule has 20 heavy (non-hydrogen) atoms. The van der Waals surface area contributed by atoms with Crippen molar-refractivity contribution < 1.29 is 14.3 Å². The van der Waals surface area contributed by atoms with Crippen LogP contribution < -0.4 is 5.32 Å². The second-order valence-corrected chi connectivity index (χ2v) is 4.55. The van der Waals surface area contributed by atoms with E-state index in [0.717, 1.165) is 17.3 Å². The lowest BCUT2D eigenvalue weighted by Crippen LogP contribution is -2.25. The number of aromatic nitrogens is 1. The molecule has 1 aromatic heterocycles. The summed E-state index contributed by atoms with van der Waals surface area (Å²) in [5, 5.41) is 3.62. The minimum Gasteiger partial charge on any atom is -0.385 e. The highest BCUT2D eigenvalue weighted by atomic mass is 16.5. The Bertz CT molecular complexity index is 631. The molecule has 0 fully saturated rings. The molecule has 5 nitrogen and oxygen atoms in total. The largest absolute Gasteiger partial charge is 0.385 e. The maximum absolute atomic E-state index is 12.2. The van der Waals surface area contributed by atoms with E-state index < -0.39 is 0 Å². The van der Waals surface area contributed by atoms with Crippen LogP contribution in [-0.2, 0) is 4.74 Å². The third-order valence-electron chi connectivity index (χ3n) is 3.11. The van der Waals surface area contributed by atoms with Gasteiger partial charge in [0.05, 0.1) is 11.1 Å². The number of carbonyl (C=O) groups is 2. The highest BCUT2D eigenvalue weighted by Crippen LogP contribution is 2.21. The van der Waals surface area contributed by atoms with Gasteiger partial charge in [-0.1, -0.05) is 18.2 Å². The highest BCUT2D eigenvalue weighted by Gasteiger charge is 2.15. The summed E-state index contributed by atoms with van der Waals surface area (Å²) in [5.74, 6) is -0.281. The zero-order valence-corrected chi connectivity index (χ0v) is 11.7. The van der Waals surface area contributed by atoms with Crippen LogP contribution >= 0.6 is 0 Å². The van der Waals surface area contributed by atoms with E-state index in [1.807, 2.05) is 24.3 Å². The van der Waals surface area contributed by atoms with Crippen LogP contribution in [0.15, 0.2) is 30.5 Å². The van der Waals surface area contributed by atoms with E-state index in [4.69, 9.17) is 4.74 Å². The van der Waals surface area contributed by atoms with Crippen LogP contribution in [0, 0.1) is 0 Å². The number of para-hydroxylation sites is 1. The summed E-state index contributed by atoms with van der Waals surface area (Å²) in [6.45, 7) is 2.63. The Hall–Kier alpha value is -2.14. The smallest absolute Gasteiger partial charge is 0.253 e. The molecule has 5 heteroatoms. The van der Waals surface area contributed by atoms with Crippen LogP contribution in [0.5, 0.6) is 0 Å². The normalized spacial score (nSPS) is 10.7. The monoisotopic (exact) mass is 274 g/mol. The van der Waals surface area contributed by atoms with Gasteiger partial charge in [0.2, 0.25) is 5.91 Å². The second kappa shape index (κ2) is 6.34. The molecule has 106 valence electrons. The first-order chi connectivity index (χ1) is 9.65. The molecule has 0 aliphatic carbocycles. The molecule has 0 radical (unpaired) electrons. The fourth-order valence-electron chi connectivity index (χ4n) is 2.13. The van der Waals surface area contributed by atoms with Gasteiger partial charge in [-0.15, -0.1) is 0 Å². The molecular weight excluding hydrogens is 256 g/mol. The third-order valence-corrected chi connectivity index (χ3v) is 3.11. The quantitative estimate of drug-likeness (QED) is 0.849. The number of hydrogen-bond acceptors (Lipinski definition) is 3. The maximum Gasteiger partial charge on any atom is 0.253 e. The molecule has 0 atom stereocenters. The first kappa shape index (κ1) is 14.3. The summed E-state index contributed by atoms with van der Waals surface area (Å²) in [6.07, 6.45) is 2.35. The van der Waals surface area contributed by atoms with Gasteiger partial charge in [0.1, 0.15) is 0 Å². The molecule has 2 rings (SSSR count). The lowest BCUT2D eigenvalue weighted by atomic mass is 10.1. The number of amides is 1. The third kappa shape index (κ3) is 2.88. The topological polar surface area (TPSA) is 60.3 Å². The van der Waals surface area contributed by atoms with Crippen molar-refractivity contribution in [2.75, 3.05) is 20.3 Å². The first-order valence-electron chi connectivity index (χ1n) is 6.53. The van der Waals surface area contributed by atoms with Crippen LogP contribution in [0.1, 0.15) is 28.5 Å². The number of rotatable bonds is 5. The van der Waals surface area contributed by atoms with E-state index in [2.05, 4.69) is 5.32 Å². The van der Waals surface area contributed by atoms with E-state index >= 15 is 0 Å². The molecule has 2 aromatic rings. The predicted molar refractivity (Wildman–Crippen MR) is 77.1 cm³/mol. The average Bonchev–Trinajstić information content (AvgIpc) is 2.83. The van der Waals surface area contributed by atoms with E-state index in [-0.39, 0.29) is 11.8 Å². The number of methoxy groups -OCH3 is 1. The Morgan fingerprint density at radius 2 is 2.05 bits per heavy atom. The van der Waals surface area contributed by atoms with Crippen LogP contribution in [0.25, 0.3) is 10.9 Å². The Balaban J connectivity index is 2.25. The van der Waals surface area contributed by atoms with Crippen molar-refractivity contribution in [2.45, 2.75) is 13.3 Å². The zero-order chi connectivity index (χ0) is 14.5. The van der Waals surface area contributed by atoms with Crippen molar-refractivity contribution in [1.82, 2.24) is 9.88 Å². The van der Waals surface area contributed by atoms with Crippen LogP contribution in [0.3, 0.4) is 0 Å². The van der Waals surface area contributed by atoms with Crippen molar-refractivity contribution in [1.29, 1.82) is 0 Å². The van der Waals surface area contributed by atoms with Crippen molar-refractivity contribution in [3.8, 4) is 0 Å². The number of nitrogens with zero attached hydrogens (tertiary/aromatic N) is 1. The van der Waals surface area contributed by atoms with Crippen molar-refractivity contribution in [2.24, 2.45) is 0 Å². The first-order valence-corrected chi connectivity index (χ1v) is 6.53. The van der Waals surface area contributed by atoms with Gasteiger partial charge in [-0.25, -0.2) is 0 Å². The molecule has 0 saturated heterocycles. The molecule has 1 heterocycles. The molecular formula is C15H18N2O3. The lowest BCUT2D eigenvalue weighted by Gasteiger charge is -2.03. The SMILES string of the molecule is COCCCNC(=O)c1cn(C(C)=O)c2ccccc12. The predicted octanol–water partition coefficient (Wildman–Crippen LogP) is 2.07. The van der Waals surface area contributed by atoms with Crippen molar-refractivity contribution in [3.05, 3.63) is 36.0 Å². The fourth-order valence-corrected chi connectivity index (χ4v) is 2.13. The summed E-state index contributed by atoms with van der Waals surface area (Å²) in [6, 6.07) is 7.38. The van der Waals surface area contributed by atoms with Gasteiger partial charge in [-0.2, -0.15) is 0 Å². The second-order valence-electron chi connectivity index (χ2n) is 4.55. The number of nitrogens with one attached hydrogen (secondary N) is 1. The van der Waals surface area contributed by atoms with Gasteiger partial charge in [0, 0.05) is 38.8 Å². The maximum atomic E-state index is 12.2. The lowest BCUT2D eigenvalue weighted by molar-refractivity contribution is 0.0941. The Morgan fingerprint density at radius 3 is 2.75 bits per heavy atom. The Labute approximate surface area is 117 Å². The molecule has 0 saturated carbocycles. The summed E-state index contributed by atoms with van der Waals surface area (Å²) in [4.78, 5) is 23.8. The molecule has 0 bridgehead atoms. The van der Waals surface area contributed by atoms with E-state index in [1.54, 1.807) is 13.3 Å². The average molecular weight is 274 g/mol. The molecule has 1 N–H and O–H groups in total. The summed E-state index contributed by atoms with van der Waals surface area (Å²) in [7, 11) is 1.63. The number of benzene rings is 1. The molecule has 1 aromatic carbocycles. The summed E-state index contributed by atoms with van der Waals surface area (Å²) >= 11 is 0. The van der Waals surface area contributed by atoms with Crippen molar-refractivity contribution in [3.63, 3.8) is 0 Å². The zero-order valence-electron chi connectivity index (χ0n) is 11.7. The van der Waals surface area contributed by atoms with Gasteiger partial charge in [-0.05, 0) is 12.5 Å². The van der Waals surface area contributed by atoms with Gasteiger partial charge in [0.15, 0.2) is 0 Å². The number of hydrogen-bond donors (Lipinski definition) is 1. The van der Waals surface area contributed by atoms with Crippen LogP contribution in [0.4, 0.5) is 0 Å². The van der Waals surface area contributed by atoms with Crippen LogP contribution in [0.2, 0.25) is 0 Å². The van der Waals surface area contributed by atoms with E-state index in [1.165, 1.54) is 11.5 Å². The molecule has 0 spiro atoms. The van der Waals surface area contributed by atoms with Gasteiger partial charge in [0.25, 0.3) is 5.91 Å². The number of carbonyl (C=O) groups excluding carboxylic acids is 2. The minimum absolute atomic E-state index is 0.111. The standard InChI is InChI=1S/C15H18N2O3/c1-11(18)17-10-13(12-6-3-4-7-14(12)17)15(19)16-8-5-9-20-2/h3-4,6-7,10H,5,8-9H2,1-2H3,(H,16,19). The Morgan fingerprint density at radius 1 is 1.30 bits per heavy atom. The van der Waals surface area contributed by atoms with Crippen molar-refractivity contribution >= 4 is 22.7 Å².